The van der Waals surface area contributed by atoms with Crippen LogP contribution in [-0.2, 0) is 19.6 Å². The predicted octanol–water partition coefficient (Wildman–Crippen LogP) is -0.899. The molecule has 0 radical (unpaired) electrons. The van der Waals surface area contributed by atoms with E-state index in [0.717, 1.165) is 0 Å². The molecule has 8 heteroatoms. The molecule has 1 atom stereocenters. The lowest BCUT2D eigenvalue weighted by Crippen LogP contribution is -2.34. The van der Waals surface area contributed by atoms with Crippen LogP contribution in [0.15, 0.2) is 0 Å². The Morgan fingerprint density at radius 3 is 2.20 bits per heavy atom. The molecule has 0 spiro atoms. The number of hydrogen-bond donors (Lipinski definition) is 3. The topological polar surface area (TPSA) is 121 Å². The van der Waals surface area contributed by atoms with Gasteiger partial charge >= 0.3 is 11.9 Å². The van der Waals surface area contributed by atoms with Crippen LogP contribution in [0.4, 0.5) is 0 Å². The fourth-order valence-corrected chi connectivity index (χ4v) is 1.45. The number of carboxylic acids is 2. The predicted molar refractivity (Wildman–Crippen MR) is 50.8 cm³/mol. The summed E-state index contributed by atoms with van der Waals surface area (Å²) in [6.45, 7) is 0.993. The van der Waals surface area contributed by atoms with Crippen LogP contribution in [0, 0.1) is 5.92 Å². The van der Waals surface area contributed by atoms with E-state index < -0.39 is 40.8 Å². The first-order chi connectivity index (χ1) is 6.78. The van der Waals surface area contributed by atoms with E-state index in [9.17, 15) is 18.0 Å². The Kier molecular flexibility index (Phi) is 5.23. The third-order valence-electron chi connectivity index (χ3n) is 1.70. The summed E-state index contributed by atoms with van der Waals surface area (Å²) >= 11 is 0. The molecule has 0 saturated heterocycles. The van der Waals surface area contributed by atoms with Gasteiger partial charge in [-0.1, -0.05) is 0 Å². The Morgan fingerprint density at radius 2 is 1.87 bits per heavy atom. The summed E-state index contributed by atoms with van der Waals surface area (Å²) in [7, 11) is -3.49. The van der Waals surface area contributed by atoms with E-state index in [-0.39, 0.29) is 5.75 Å². The number of sulfonamides is 1. The zero-order valence-electron chi connectivity index (χ0n) is 8.13. The van der Waals surface area contributed by atoms with E-state index in [1.807, 2.05) is 4.72 Å². The molecule has 0 aromatic carbocycles. The number of rotatable bonds is 7. The van der Waals surface area contributed by atoms with Gasteiger partial charge in [0.25, 0.3) is 0 Å². The van der Waals surface area contributed by atoms with Crippen LogP contribution in [-0.4, -0.2) is 42.9 Å². The molecule has 0 aliphatic rings. The number of aliphatic carboxylic acids is 2. The van der Waals surface area contributed by atoms with Crippen molar-refractivity contribution in [2.24, 2.45) is 5.92 Å². The summed E-state index contributed by atoms with van der Waals surface area (Å²) in [5.41, 5.74) is 0. The molecule has 15 heavy (non-hydrogen) atoms. The molecule has 0 saturated carbocycles. The van der Waals surface area contributed by atoms with Crippen LogP contribution >= 0.6 is 0 Å². The summed E-state index contributed by atoms with van der Waals surface area (Å²) in [4.78, 5) is 20.8. The van der Waals surface area contributed by atoms with E-state index >= 15 is 0 Å². The van der Waals surface area contributed by atoms with Crippen LogP contribution < -0.4 is 4.72 Å². The maximum atomic E-state index is 11.0. The molecule has 0 aromatic rings. The highest BCUT2D eigenvalue weighted by Crippen LogP contribution is 2.02. The zero-order valence-corrected chi connectivity index (χ0v) is 8.95. The van der Waals surface area contributed by atoms with Gasteiger partial charge in [0.05, 0.1) is 18.1 Å². The van der Waals surface area contributed by atoms with Crippen molar-refractivity contribution < 1.29 is 28.2 Å². The maximum Gasteiger partial charge on any atom is 0.308 e. The SMILES string of the molecule is CCS(=O)(=O)NCC(CC(=O)O)C(=O)O. The number of hydrogen-bond acceptors (Lipinski definition) is 4. The van der Waals surface area contributed by atoms with Gasteiger partial charge in [0, 0.05) is 6.54 Å². The molecule has 88 valence electrons. The number of carboxylic acid groups (broad SMARTS) is 2. The normalized spacial score (nSPS) is 13.4. The quantitative estimate of drug-likeness (QED) is 0.529. The van der Waals surface area contributed by atoms with Crippen molar-refractivity contribution in [1.29, 1.82) is 0 Å². The summed E-state index contributed by atoms with van der Waals surface area (Å²) in [6.07, 6.45) is -0.610. The molecule has 7 nitrogen and oxygen atoms in total. The fraction of sp³-hybridized carbons (Fsp3) is 0.714. The third kappa shape index (κ3) is 6.02. The maximum absolute atomic E-state index is 11.0. The van der Waals surface area contributed by atoms with Crippen molar-refractivity contribution in [3.63, 3.8) is 0 Å². The summed E-state index contributed by atoms with van der Waals surface area (Å²) in [6, 6.07) is 0. The lowest BCUT2D eigenvalue weighted by molar-refractivity contribution is -0.147. The van der Waals surface area contributed by atoms with Gasteiger partial charge in [-0.2, -0.15) is 0 Å². The van der Waals surface area contributed by atoms with Crippen molar-refractivity contribution in [3.8, 4) is 0 Å². The smallest absolute Gasteiger partial charge is 0.308 e. The minimum atomic E-state index is -3.49. The minimum Gasteiger partial charge on any atom is -0.481 e. The van der Waals surface area contributed by atoms with Gasteiger partial charge < -0.3 is 10.2 Å². The average Bonchev–Trinajstić information content (AvgIpc) is 2.11. The number of carbonyl (C=O) groups is 2. The largest absolute Gasteiger partial charge is 0.481 e. The summed E-state index contributed by atoms with van der Waals surface area (Å²) in [5.74, 6) is -4.04. The van der Waals surface area contributed by atoms with Crippen LogP contribution in [0.2, 0.25) is 0 Å². The van der Waals surface area contributed by atoms with Gasteiger partial charge in [-0.05, 0) is 6.92 Å². The Balaban J connectivity index is 4.32. The first kappa shape index (κ1) is 13.8. The molecule has 0 bridgehead atoms. The average molecular weight is 239 g/mol. The van der Waals surface area contributed by atoms with Gasteiger partial charge in [-0.25, -0.2) is 13.1 Å². The minimum absolute atomic E-state index is 0.174. The van der Waals surface area contributed by atoms with Crippen LogP contribution in [0.5, 0.6) is 0 Å². The van der Waals surface area contributed by atoms with Gasteiger partial charge in [0.1, 0.15) is 0 Å². The highest BCUT2D eigenvalue weighted by Gasteiger charge is 2.22. The molecular weight excluding hydrogens is 226 g/mol. The van der Waals surface area contributed by atoms with Gasteiger partial charge in [-0.3, -0.25) is 9.59 Å². The molecule has 0 aliphatic heterocycles. The van der Waals surface area contributed by atoms with Crippen molar-refractivity contribution in [2.75, 3.05) is 12.3 Å². The Labute approximate surface area is 87.2 Å². The van der Waals surface area contributed by atoms with E-state index in [2.05, 4.69) is 0 Å². The van der Waals surface area contributed by atoms with Crippen molar-refractivity contribution in [1.82, 2.24) is 4.72 Å². The second-order valence-corrected chi connectivity index (χ2v) is 4.98. The molecule has 0 amide bonds. The van der Waals surface area contributed by atoms with Crippen LogP contribution in [0.25, 0.3) is 0 Å². The van der Waals surface area contributed by atoms with Gasteiger partial charge in [0.15, 0.2) is 0 Å². The molecule has 3 N–H and O–H groups in total. The van der Waals surface area contributed by atoms with Gasteiger partial charge in [-0.15, -0.1) is 0 Å². The van der Waals surface area contributed by atoms with Crippen LogP contribution in [0.1, 0.15) is 13.3 Å². The Hall–Kier alpha value is -1.15. The zero-order chi connectivity index (χ0) is 12.1. The summed E-state index contributed by atoms with van der Waals surface area (Å²) < 4.78 is 23.9. The van der Waals surface area contributed by atoms with Crippen LogP contribution in [0.3, 0.4) is 0 Å². The molecule has 0 rings (SSSR count). The lowest BCUT2D eigenvalue weighted by Gasteiger charge is -2.10. The van der Waals surface area contributed by atoms with Crippen molar-refractivity contribution in [3.05, 3.63) is 0 Å². The molecule has 0 fully saturated rings. The summed E-state index contributed by atoms with van der Waals surface area (Å²) in [5, 5.41) is 17.0. The second kappa shape index (κ2) is 5.66. The van der Waals surface area contributed by atoms with E-state index in [1.165, 1.54) is 6.92 Å². The second-order valence-electron chi connectivity index (χ2n) is 2.88. The monoisotopic (exact) mass is 239 g/mol. The molecule has 1 unspecified atom stereocenters. The standard InChI is InChI=1S/C7H13NO6S/c1-2-15(13,14)8-4-5(7(11)12)3-6(9)10/h5,8H,2-4H2,1H3,(H,9,10)(H,11,12). The molecule has 0 aromatic heterocycles. The van der Waals surface area contributed by atoms with E-state index in [1.54, 1.807) is 0 Å². The fourth-order valence-electron chi connectivity index (χ4n) is 0.787. The highest BCUT2D eigenvalue weighted by molar-refractivity contribution is 7.89. The Morgan fingerprint density at radius 1 is 1.33 bits per heavy atom. The third-order valence-corrected chi connectivity index (χ3v) is 3.07. The molecule has 0 aliphatic carbocycles. The highest BCUT2D eigenvalue weighted by atomic mass is 32.2. The van der Waals surface area contributed by atoms with E-state index in [4.69, 9.17) is 10.2 Å². The lowest BCUT2D eigenvalue weighted by atomic mass is 10.1. The van der Waals surface area contributed by atoms with E-state index in [0.29, 0.717) is 0 Å². The molecule has 0 heterocycles. The molecular formula is C7H13NO6S. The first-order valence-electron chi connectivity index (χ1n) is 4.20. The Bertz CT molecular complexity index is 335. The van der Waals surface area contributed by atoms with Gasteiger partial charge in [0.2, 0.25) is 10.0 Å². The van der Waals surface area contributed by atoms with Crippen molar-refractivity contribution >= 4 is 22.0 Å². The first-order valence-corrected chi connectivity index (χ1v) is 5.85. The van der Waals surface area contributed by atoms with Crippen molar-refractivity contribution in [2.45, 2.75) is 13.3 Å². The number of nitrogens with one attached hydrogen (secondary N) is 1.